The van der Waals surface area contributed by atoms with Gasteiger partial charge in [-0.05, 0) is 43.0 Å². The van der Waals surface area contributed by atoms with Gasteiger partial charge in [0, 0.05) is 10.8 Å². The average Bonchev–Trinajstić information content (AvgIpc) is 3.19. The Hall–Kier alpha value is -1.20. The van der Waals surface area contributed by atoms with Crippen LogP contribution >= 0.6 is 11.3 Å². The summed E-state index contributed by atoms with van der Waals surface area (Å²) in [6, 6.07) is 3.71. The maximum Gasteiger partial charge on any atom is 0.248 e. The zero-order chi connectivity index (χ0) is 14.7. The van der Waals surface area contributed by atoms with E-state index in [0.717, 1.165) is 16.6 Å². The third-order valence-corrected chi connectivity index (χ3v) is 5.44. The molecule has 5 heteroatoms. The van der Waals surface area contributed by atoms with Gasteiger partial charge < -0.3 is 10.3 Å². The Kier molecular flexibility index (Phi) is 4.70. The molecule has 0 saturated heterocycles. The van der Waals surface area contributed by atoms with E-state index in [2.05, 4.69) is 17.1 Å². The van der Waals surface area contributed by atoms with Crippen molar-refractivity contribution in [2.45, 2.75) is 57.4 Å². The van der Waals surface area contributed by atoms with Crippen LogP contribution in [-0.4, -0.2) is 10.1 Å². The molecular weight excluding hydrogens is 282 g/mol. The summed E-state index contributed by atoms with van der Waals surface area (Å²) in [4.78, 5) is 5.63. The fourth-order valence-corrected chi connectivity index (χ4v) is 3.97. The van der Waals surface area contributed by atoms with Crippen LogP contribution in [0.25, 0.3) is 0 Å². The molecule has 0 radical (unpaired) electrons. The van der Waals surface area contributed by atoms with Crippen molar-refractivity contribution in [1.29, 1.82) is 0 Å². The molecule has 1 atom stereocenters. The highest BCUT2D eigenvalue weighted by Crippen LogP contribution is 2.36. The molecule has 1 aliphatic carbocycles. The van der Waals surface area contributed by atoms with Gasteiger partial charge in [0.15, 0.2) is 5.82 Å². The van der Waals surface area contributed by atoms with E-state index >= 15 is 0 Å². The largest absolute Gasteiger partial charge is 0.337 e. The first-order chi connectivity index (χ1) is 10.3. The molecule has 1 fully saturated rings. The van der Waals surface area contributed by atoms with Crippen LogP contribution in [0.1, 0.15) is 74.0 Å². The zero-order valence-electron chi connectivity index (χ0n) is 12.5. The minimum absolute atomic E-state index is 0.289. The minimum Gasteiger partial charge on any atom is -0.337 e. The predicted octanol–water partition coefficient (Wildman–Crippen LogP) is 4.25. The molecule has 21 heavy (non-hydrogen) atoms. The number of aromatic nitrogens is 2. The van der Waals surface area contributed by atoms with Gasteiger partial charge in [0.1, 0.15) is 6.04 Å². The first-order valence-electron chi connectivity index (χ1n) is 7.90. The van der Waals surface area contributed by atoms with Crippen molar-refractivity contribution < 1.29 is 4.52 Å². The standard InChI is InChI=1S/C16H23N3OS/c1-2-4-11-6-8-12(9-7-11)15-18-16(20-19-15)14(17)13-5-3-10-21-13/h3,5,10-12,14H,2,4,6-9,17H2,1H3. The molecule has 2 aromatic rings. The van der Waals surface area contributed by atoms with Crippen molar-refractivity contribution in [2.24, 2.45) is 11.7 Å². The molecule has 0 aromatic carbocycles. The number of thiophene rings is 1. The summed E-state index contributed by atoms with van der Waals surface area (Å²) in [5.74, 6) is 2.74. The van der Waals surface area contributed by atoms with Crippen molar-refractivity contribution in [3.63, 3.8) is 0 Å². The Morgan fingerprint density at radius 2 is 2.19 bits per heavy atom. The van der Waals surface area contributed by atoms with E-state index in [1.54, 1.807) is 11.3 Å². The number of nitrogens with two attached hydrogens (primary N) is 1. The molecule has 1 unspecified atom stereocenters. The number of hydrogen-bond acceptors (Lipinski definition) is 5. The summed E-state index contributed by atoms with van der Waals surface area (Å²) in [6.07, 6.45) is 7.58. The van der Waals surface area contributed by atoms with Gasteiger partial charge >= 0.3 is 0 Å². The van der Waals surface area contributed by atoms with Crippen LogP contribution in [0.4, 0.5) is 0 Å². The normalized spacial score (nSPS) is 24.1. The van der Waals surface area contributed by atoms with Crippen molar-refractivity contribution in [3.05, 3.63) is 34.1 Å². The van der Waals surface area contributed by atoms with Gasteiger partial charge in [0.2, 0.25) is 5.89 Å². The fraction of sp³-hybridized carbons (Fsp3) is 0.625. The second-order valence-corrected chi connectivity index (χ2v) is 6.97. The van der Waals surface area contributed by atoms with Gasteiger partial charge in [-0.2, -0.15) is 4.98 Å². The van der Waals surface area contributed by atoms with Crippen LogP contribution in [0.3, 0.4) is 0 Å². The second-order valence-electron chi connectivity index (χ2n) is 5.99. The van der Waals surface area contributed by atoms with Crippen LogP contribution < -0.4 is 5.73 Å². The lowest BCUT2D eigenvalue weighted by atomic mass is 9.80. The topological polar surface area (TPSA) is 64.9 Å². The fourth-order valence-electron chi connectivity index (χ4n) is 3.25. The molecule has 2 heterocycles. The van der Waals surface area contributed by atoms with E-state index in [-0.39, 0.29) is 6.04 Å². The monoisotopic (exact) mass is 305 g/mol. The SMILES string of the molecule is CCCC1CCC(c2noc(C(N)c3cccs3)n2)CC1. The second kappa shape index (κ2) is 6.71. The van der Waals surface area contributed by atoms with E-state index in [4.69, 9.17) is 10.3 Å². The zero-order valence-corrected chi connectivity index (χ0v) is 13.3. The number of hydrogen-bond donors (Lipinski definition) is 1. The Morgan fingerprint density at radius 1 is 1.38 bits per heavy atom. The molecule has 3 rings (SSSR count). The van der Waals surface area contributed by atoms with Crippen molar-refractivity contribution >= 4 is 11.3 Å². The van der Waals surface area contributed by atoms with Gasteiger partial charge in [-0.15, -0.1) is 11.3 Å². The Balaban J connectivity index is 1.63. The molecular formula is C16H23N3OS. The molecule has 114 valence electrons. The maximum atomic E-state index is 6.18. The minimum atomic E-state index is -0.289. The smallest absolute Gasteiger partial charge is 0.248 e. The summed E-state index contributed by atoms with van der Waals surface area (Å²) >= 11 is 1.62. The van der Waals surface area contributed by atoms with Crippen molar-refractivity contribution in [2.75, 3.05) is 0 Å². The van der Waals surface area contributed by atoms with Crippen LogP contribution in [0, 0.1) is 5.92 Å². The summed E-state index contributed by atoms with van der Waals surface area (Å²) in [6.45, 7) is 2.27. The summed E-state index contributed by atoms with van der Waals surface area (Å²) in [5.41, 5.74) is 6.18. The van der Waals surface area contributed by atoms with E-state index in [0.29, 0.717) is 11.8 Å². The Labute approximate surface area is 129 Å². The van der Waals surface area contributed by atoms with Gasteiger partial charge in [-0.1, -0.05) is 31.0 Å². The van der Waals surface area contributed by atoms with Gasteiger partial charge in [0.05, 0.1) is 0 Å². The molecule has 0 bridgehead atoms. The van der Waals surface area contributed by atoms with E-state index in [1.807, 2.05) is 17.5 Å². The number of rotatable bonds is 5. The molecule has 1 saturated carbocycles. The van der Waals surface area contributed by atoms with Crippen molar-refractivity contribution in [1.82, 2.24) is 10.1 Å². The van der Waals surface area contributed by atoms with Gasteiger partial charge in [0.25, 0.3) is 0 Å². The molecule has 1 aliphatic rings. The lowest BCUT2D eigenvalue weighted by molar-refractivity contribution is 0.294. The Morgan fingerprint density at radius 3 is 2.86 bits per heavy atom. The molecule has 0 spiro atoms. The highest BCUT2D eigenvalue weighted by molar-refractivity contribution is 7.10. The third-order valence-electron chi connectivity index (χ3n) is 4.48. The van der Waals surface area contributed by atoms with Crippen molar-refractivity contribution in [3.8, 4) is 0 Å². The first-order valence-corrected chi connectivity index (χ1v) is 8.78. The molecule has 0 aliphatic heterocycles. The highest BCUT2D eigenvalue weighted by Gasteiger charge is 2.27. The lowest BCUT2D eigenvalue weighted by Crippen LogP contribution is -2.15. The van der Waals surface area contributed by atoms with Crippen LogP contribution in [-0.2, 0) is 0 Å². The molecule has 2 aromatic heterocycles. The lowest BCUT2D eigenvalue weighted by Gasteiger charge is -2.26. The maximum absolute atomic E-state index is 6.18. The molecule has 2 N–H and O–H groups in total. The Bertz CT molecular complexity index is 544. The quantitative estimate of drug-likeness (QED) is 0.896. The van der Waals surface area contributed by atoms with Crippen LogP contribution in [0.15, 0.2) is 22.0 Å². The highest BCUT2D eigenvalue weighted by atomic mass is 32.1. The summed E-state index contributed by atoms with van der Waals surface area (Å²) in [7, 11) is 0. The average molecular weight is 305 g/mol. The third kappa shape index (κ3) is 3.35. The number of nitrogens with zero attached hydrogens (tertiary/aromatic N) is 2. The molecule has 0 amide bonds. The van der Waals surface area contributed by atoms with E-state index < -0.39 is 0 Å². The van der Waals surface area contributed by atoms with E-state index in [1.165, 1.54) is 38.5 Å². The van der Waals surface area contributed by atoms with Gasteiger partial charge in [-0.25, -0.2) is 0 Å². The summed E-state index contributed by atoms with van der Waals surface area (Å²) < 4.78 is 5.40. The van der Waals surface area contributed by atoms with Crippen LogP contribution in [0.2, 0.25) is 0 Å². The van der Waals surface area contributed by atoms with E-state index in [9.17, 15) is 0 Å². The van der Waals surface area contributed by atoms with Gasteiger partial charge in [-0.3, -0.25) is 0 Å². The summed E-state index contributed by atoms with van der Waals surface area (Å²) in [5, 5.41) is 6.20. The first kappa shape index (κ1) is 14.7. The molecule has 4 nitrogen and oxygen atoms in total. The van der Waals surface area contributed by atoms with Crippen LogP contribution in [0.5, 0.6) is 0 Å². The predicted molar refractivity (Wildman–Crippen MR) is 84.3 cm³/mol.